The van der Waals surface area contributed by atoms with Gasteiger partial charge in [-0.1, -0.05) is 6.92 Å². The summed E-state index contributed by atoms with van der Waals surface area (Å²) >= 11 is 0. The van der Waals surface area contributed by atoms with Gasteiger partial charge in [0.2, 0.25) is 0 Å². The molecule has 1 aliphatic carbocycles. The maximum absolute atomic E-state index is 11.3. The van der Waals surface area contributed by atoms with Gasteiger partial charge in [0.25, 0.3) is 0 Å². The predicted molar refractivity (Wildman–Crippen MR) is 46.9 cm³/mol. The van der Waals surface area contributed by atoms with Crippen LogP contribution >= 0.6 is 0 Å². The van der Waals surface area contributed by atoms with Crippen LogP contribution in [0.15, 0.2) is 11.1 Å². The van der Waals surface area contributed by atoms with Gasteiger partial charge in [-0.05, 0) is 26.2 Å². The third kappa shape index (κ3) is 1.63. The Labute approximate surface area is 72.7 Å². The normalized spacial score (nSPS) is 16.8. The molecule has 0 heterocycles. The van der Waals surface area contributed by atoms with Crippen LogP contribution in [0, 0.1) is 0 Å². The van der Waals surface area contributed by atoms with Crippen molar-refractivity contribution in [2.45, 2.75) is 39.5 Å². The second kappa shape index (κ2) is 3.65. The van der Waals surface area contributed by atoms with E-state index >= 15 is 0 Å². The molecule has 0 saturated heterocycles. The van der Waals surface area contributed by atoms with Crippen LogP contribution in [0.2, 0.25) is 0 Å². The molecule has 0 N–H and O–H groups in total. The zero-order valence-electron chi connectivity index (χ0n) is 7.64. The molecule has 66 valence electrons. The van der Waals surface area contributed by atoms with E-state index in [0.29, 0.717) is 6.42 Å². The first-order valence-corrected chi connectivity index (χ1v) is 4.43. The number of hydrogen-bond acceptors (Lipinski definition) is 2. The summed E-state index contributed by atoms with van der Waals surface area (Å²) in [6, 6.07) is 0. The van der Waals surface area contributed by atoms with Crippen molar-refractivity contribution in [3.63, 3.8) is 0 Å². The van der Waals surface area contributed by atoms with E-state index in [9.17, 15) is 9.59 Å². The molecule has 0 atom stereocenters. The minimum atomic E-state index is 0.0734. The molecule has 0 aromatic heterocycles. The molecule has 0 radical (unpaired) electrons. The summed E-state index contributed by atoms with van der Waals surface area (Å²) in [5.74, 6) is 0.224. The van der Waals surface area contributed by atoms with E-state index in [4.69, 9.17) is 0 Å². The van der Waals surface area contributed by atoms with Gasteiger partial charge in [-0.25, -0.2) is 0 Å². The molecular weight excluding hydrogens is 152 g/mol. The summed E-state index contributed by atoms with van der Waals surface area (Å²) in [6.07, 6.45) is 3.10. The quantitative estimate of drug-likeness (QED) is 0.643. The van der Waals surface area contributed by atoms with Gasteiger partial charge in [0, 0.05) is 17.6 Å². The van der Waals surface area contributed by atoms with Crippen molar-refractivity contribution in [1.29, 1.82) is 0 Å². The molecule has 1 aliphatic rings. The minimum absolute atomic E-state index is 0.0734. The van der Waals surface area contributed by atoms with Crippen LogP contribution in [0.3, 0.4) is 0 Å². The van der Waals surface area contributed by atoms with Crippen LogP contribution in [0.5, 0.6) is 0 Å². The van der Waals surface area contributed by atoms with E-state index in [0.717, 1.165) is 30.4 Å². The Bertz CT molecular complexity index is 249. The zero-order valence-corrected chi connectivity index (χ0v) is 7.64. The number of carbonyl (C=O) groups excluding carboxylic acids is 2. The standard InChI is InChI=1S/C10H14O2/c1-3-10(12)9-6-4-5-8(9)7(2)11/h3-6H2,1-2H3. The lowest BCUT2D eigenvalue weighted by molar-refractivity contribution is -0.117. The van der Waals surface area contributed by atoms with Gasteiger partial charge in [0.05, 0.1) is 0 Å². The number of ketones is 2. The SMILES string of the molecule is CCC(=O)C1=C(C(C)=O)CCC1. The van der Waals surface area contributed by atoms with Crippen LogP contribution in [-0.4, -0.2) is 11.6 Å². The van der Waals surface area contributed by atoms with Gasteiger partial charge in [-0.3, -0.25) is 9.59 Å². The number of carbonyl (C=O) groups is 2. The molecule has 0 fully saturated rings. The number of Topliss-reactive ketones (excluding diaryl/α,β-unsaturated/α-hetero) is 2. The Morgan fingerprint density at radius 2 is 1.83 bits per heavy atom. The molecule has 2 nitrogen and oxygen atoms in total. The predicted octanol–water partition coefficient (Wildman–Crippen LogP) is 2.04. The molecule has 0 aliphatic heterocycles. The molecule has 0 saturated carbocycles. The first-order chi connectivity index (χ1) is 5.66. The first-order valence-electron chi connectivity index (χ1n) is 4.43. The average Bonchev–Trinajstić information content (AvgIpc) is 2.50. The van der Waals surface area contributed by atoms with Crippen LogP contribution in [0.4, 0.5) is 0 Å². The Morgan fingerprint density at radius 1 is 1.25 bits per heavy atom. The van der Waals surface area contributed by atoms with Crippen LogP contribution in [0.1, 0.15) is 39.5 Å². The van der Waals surface area contributed by atoms with Crippen molar-refractivity contribution in [1.82, 2.24) is 0 Å². The fourth-order valence-corrected chi connectivity index (χ4v) is 1.65. The maximum atomic E-state index is 11.3. The molecule has 0 aromatic carbocycles. The highest BCUT2D eigenvalue weighted by Crippen LogP contribution is 2.27. The summed E-state index contributed by atoms with van der Waals surface area (Å²) < 4.78 is 0. The highest BCUT2D eigenvalue weighted by Gasteiger charge is 2.21. The summed E-state index contributed by atoms with van der Waals surface area (Å²) in [5.41, 5.74) is 1.58. The topological polar surface area (TPSA) is 34.1 Å². The molecule has 1 rings (SSSR count). The minimum Gasteiger partial charge on any atom is -0.295 e. The lowest BCUT2D eigenvalue weighted by Gasteiger charge is -2.00. The highest BCUT2D eigenvalue weighted by molar-refractivity contribution is 6.06. The van der Waals surface area contributed by atoms with Gasteiger partial charge in [0.1, 0.15) is 0 Å². The second-order valence-electron chi connectivity index (χ2n) is 3.14. The second-order valence-corrected chi connectivity index (χ2v) is 3.14. The van der Waals surface area contributed by atoms with Crippen LogP contribution in [0.25, 0.3) is 0 Å². The highest BCUT2D eigenvalue weighted by atomic mass is 16.1. The Hall–Kier alpha value is -0.920. The first kappa shape index (κ1) is 9.17. The lowest BCUT2D eigenvalue weighted by Crippen LogP contribution is -2.04. The van der Waals surface area contributed by atoms with Crippen molar-refractivity contribution in [2.24, 2.45) is 0 Å². The smallest absolute Gasteiger partial charge is 0.158 e. The van der Waals surface area contributed by atoms with Crippen molar-refractivity contribution < 1.29 is 9.59 Å². The largest absolute Gasteiger partial charge is 0.295 e. The van der Waals surface area contributed by atoms with Crippen molar-refractivity contribution in [2.75, 3.05) is 0 Å². The van der Waals surface area contributed by atoms with E-state index in [-0.39, 0.29) is 11.6 Å². The summed E-state index contributed by atoms with van der Waals surface area (Å²) in [6.45, 7) is 3.38. The van der Waals surface area contributed by atoms with Gasteiger partial charge >= 0.3 is 0 Å². The average molecular weight is 166 g/mol. The number of allylic oxidation sites excluding steroid dienone is 2. The third-order valence-electron chi connectivity index (χ3n) is 2.30. The van der Waals surface area contributed by atoms with Crippen molar-refractivity contribution in [3.05, 3.63) is 11.1 Å². The summed E-state index contributed by atoms with van der Waals surface area (Å²) in [7, 11) is 0. The summed E-state index contributed by atoms with van der Waals surface area (Å²) in [5, 5.41) is 0. The molecule has 0 unspecified atom stereocenters. The molecule has 0 aromatic rings. The van der Waals surface area contributed by atoms with Gasteiger partial charge in [0.15, 0.2) is 11.6 Å². The van der Waals surface area contributed by atoms with Gasteiger partial charge in [-0.15, -0.1) is 0 Å². The monoisotopic (exact) mass is 166 g/mol. The van der Waals surface area contributed by atoms with Crippen molar-refractivity contribution >= 4 is 11.6 Å². The van der Waals surface area contributed by atoms with E-state index in [2.05, 4.69) is 0 Å². The van der Waals surface area contributed by atoms with Gasteiger partial charge < -0.3 is 0 Å². The Balaban J connectivity index is 2.91. The fraction of sp³-hybridized carbons (Fsp3) is 0.600. The molecule has 0 amide bonds. The molecular formula is C10H14O2. The van der Waals surface area contributed by atoms with E-state index < -0.39 is 0 Å². The third-order valence-corrected chi connectivity index (χ3v) is 2.30. The fourth-order valence-electron chi connectivity index (χ4n) is 1.65. The molecule has 0 bridgehead atoms. The number of rotatable bonds is 3. The zero-order chi connectivity index (χ0) is 9.14. The van der Waals surface area contributed by atoms with E-state index in [1.54, 1.807) is 6.92 Å². The lowest BCUT2D eigenvalue weighted by atomic mass is 10.0. The summed E-state index contributed by atoms with van der Waals surface area (Å²) in [4.78, 5) is 22.4. The van der Waals surface area contributed by atoms with Crippen LogP contribution in [-0.2, 0) is 9.59 Å². The van der Waals surface area contributed by atoms with E-state index in [1.165, 1.54) is 0 Å². The van der Waals surface area contributed by atoms with Crippen LogP contribution < -0.4 is 0 Å². The number of hydrogen-bond donors (Lipinski definition) is 0. The Morgan fingerprint density at radius 3 is 2.33 bits per heavy atom. The molecule has 12 heavy (non-hydrogen) atoms. The molecule has 0 spiro atoms. The van der Waals surface area contributed by atoms with Crippen molar-refractivity contribution in [3.8, 4) is 0 Å². The maximum Gasteiger partial charge on any atom is 0.158 e. The van der Waals surface area contributed by atoms with Gasteiger partial charge in [-0.2, -0.15) is 0 Å². The Kier molecular flexibility index (Phi) is 2.79. The molecule has 2 heteroatoms. The van der Waals surface area contributed by atoms with E-state index in [1.807, 2.05) is 6.92 Å².